The number of benzene rings is 1. The Morgan fingerprint density at radius 3 is 2.71 bits per heavy atom. The molecular weight excluding hydrogens is 300 g/mol. The number of hydrogen-bond acceptors (Lipinski definition) is 5. The van der Waals surface area contributed by atoms with Crippen LogP contribution in [-0.4, -0.2) is 40.8 Å². The van der Waals surface area contributed by atoms with Crippen LogP contribution in [0.2, 0.25) is 0 Å². The number of rotatable bonds is 4. The largest absolute Gasteiger partial charge is 0.480 e. The second-order valence-electron chi connectivity index (χ2n) is 5.01. The Labute approximate surface area is 121 Å². The lowest BCUT2D eigenvalue weighted by molar-refractivity contribution is -0.385. The number of hydrogen-bond donors (Lipinski definition) is 1. The molecular formula is C12H14N2O6S. The van der Waals surface area contributed by atoms with E-state index in [0.29, 0.717) is 6.42 Å². The minimum atomic E-state index is -4.10. The van der Waals surface area contributed by atoms with Crippen LogP contribution in [0.5, 0.6) is 0 Å². The van der Waals surface area contributed by atoms with Crippen LogP contribution in [0.3, 0.4) is 0 Å². The fourth-order valence-corrected chi connectivity index (χ4v) is 4.27. The van der Waals surface area contributed by atoms with E-state index >= 15 is 0 Å². The van der Waals surface area contributed by atoms with Crippen molar-refractivity contribution in [3.63, 3.8) is 0 Å². The molecule has 21 heavy (non-hydrogen) atoms. The molecule has 1 heterocycles. The van der Waals surface area contributed by atoms with Gasteiger partial charge < -0.3 is 5.11 Å². The minimum Gasteiger partial charge on any atom is -0.480 e. The van der Waals surface area contributed by atoms with Crippen LogP contribution in [0, 0.1) is 10.1 Å². The lowest BCUT2D eigenvalue weighted by atomic mass is 10.0. The van der Waals surface area contributed by atoms with E-state index in [2.05, 4.69) is 0 Å². The first kappa shape index (κ1) is 15.4. The van der Waals surface area contributed by atoms with E-state index < -0.39 is 26.5 Å². The van der Waals surface area contributed by atoms with E-state index in [1.54, 1.807) is 0 Å². The Bertz CT molecular complexity index is 701. The number of sulfonamides is 1. The summed E-state index contributed by atoms with van der Waals surface area (Å²) < 4.78 is 26.0. The highest BCUT2D eigenvalue weighted by Gasteiger charge is 2.49. The summed E-state index contributed by atoms with van der Waals surface area (Å²) in [7, 11) is -4.10. The number of nitrogens with zero attached hydrogens (tertiary/aromatic N) is 2. The lowest BCUT2D eigenvalue weighted by Gasteiger charge is -2.30. The van der Waals surface area contributed by atoms with Crippen LogP contribution in [0.4, 0.5) is 5.69 Å². The third-order valence-electron chi connectivity index (χ3n) is 3.65. The molecule has 1 aliphatic rings. The molecule has 0 saturated carbocycles. The number of aliphatic carboxylic acids is 1. The second kappa shape index (κ2) is 5.08. The molecule has 1 unspecified atom stereocenters. The van der Waals surface area contributed by atoms with Crippen LogP contribution < -0.4 is 0 Å². The molecule has 0 aromatic heterocycles. The van der Waals surface area contributed by atoms with Gasteiger partial charge in [-0.3, -0.25) is 14.9 Å². The molecule has 2 rings (SSSR count). The molecule has 9 heteroatoms. The van der Waals surface area contributed by atoms with E-state index in [0.717, 1.165) is 10.4 Å². The summed E-state index contributed by atoms with van der Waals surface area (Å²) in [6.45, 7) is 1.42. The maximum Gasteiger partial charge on any atom is 0.324 e. The number of carboxylic acids is 1. The first-order valence-electron chi connectivity index (χ1n) is 6.20. The van der Waals surface area contributed by atoms with Gasteiger partial charge in [0.25, 0.3) is 5.69 Å². The summed E-state index contributed by atoms with van der Waals surface area (Å²) in [5.41, 5.74) is -1.88. The first-order valence-corrected chi connectivity index (χ1v) is 7.64. The molecule has 1 N–H and O–H groups in total. The maximum absolute atomic E-state index is 12.6. The third-order valence-corrected chi connectivity index (χ3v) is 5.67. The summed E-state index contributed by atoms with van der Waals surface area (Å²) in [6.07, 6.45) is 0.632. The number of carbonyl (C=O) groups is 1. The van der Waals surface area contributed by atoms with Gasteiger partial charge >= 0.3 is 5.97 Å². The van der Waals surface area contributed by atoms with Crippen molar-refractivity contribution in [3.8, 4) is 0 Å². The van der Waals surface area contributed by atoms with Crippen LogP contribution in [0.1, 0.15) is 19.8 Å². The zero-order chi connectivity index (χ0) is 15.8. The van der Waals surface area contributed by atoms with Crippen molar-refractivity contribution in [2.75, 3.05) is 6.54 Å². The van der Waals surface area contributed by atoms with E-state index in [4.69, 9.17) is 0 Å². The summed E-state index contributed by atoms with van der Waals surface area (Å²) in [6, 6.07) is 4.61. The summed E-state index contributed by atoms with van der Waals surface area (Å²) in [5, 5.41) is 20.0. The van der Waals surface area contributed by atoms with Crippen molar-refractivity contribution < 1.29 is 23.2 Å². The van der Waals surface area contributed by atoms with Crippen molar-refractivity contribution in [3.05, 3.63) is 34.4 Å². The highest BCUT2D eigenvalue weighted by atomic mass is 32.2. The van der Waals surface area contributed by atoms with Gasteiger partial charge in [-0.05, 0) is 25.8 Å². The van der Waals surface area contributed by atoms with Crippen molar-refractivity contribution in [2.24, 2.45) is 0 Å². The quantitative estimate of drug-likeness (QED) is 0.659. The zero-order valence-electron chi connectivity index (χ0n) is 11.2. The minimum absolute atomic E-state index is 0.0772. The predicted octanol–water partition coefficient (Wildman–Crippen LogP) is 1.22. The van der Waals surface area contributed by atoms with Crippen LogP contribution in [0.25, 0.3) is 0 Å². The molecule has 1 aromatic carbocycles. The van der Waals surface area contributed by atoms with Gasteiger partial charge in [-0.25, -0.2) is 8.42 Å². The fourth-order valence-electron chi connectivity index (χ4n) is 2.42. The Hall–Kier alpha value is -2.00. The Morgan fingerprint density at radius 2 is 2.14 bits per heavy atom. The van der Waals surface area contributed by atoms with Crippen molar-refractivity contribution >= 4 is 21.7 Å². The van der Waals surface area contributed by atoms with Crippen LogP contribution in [-0.2, 0) is 14.8 Å². The highest BCUT2D eigenvalue weighted by Crippen LogP contribution is 2.35. The zero-order valence-corrected chi connectivity index (χ0v) is 12.0. The molecule has 114 valence electrons. The molecule has 1 aromatic rings. The number of nitro groups is 1. The molecule has 0 spiro atoms. The standard InChI is InChI=1S/C12H14N2O6S/c1-12(11(15)16)6-3-7-13(12)21(19,20)10-5-2-4-9(8-10)14(17)18/h2,4-5,8H,3,6-7H2,1H3,(H,15,16). The summed E-state index contributed by atoms with van der Waals surface area (Å²) in [4.78, 5) is 21.1. The number of non-ortho nitro benzene ring substituents is 1. The molecule has 0 radical (unpaired) electrons. The topological polar surface area (TPSA) is 118 Å². The first-order chi connectivity index (χ1) is 9.69. The van der Waals surface area contributed by atoms with E-state index in [9.17, 15) is 28.4 Å². The highest BCUT2D eigenvalue weighted by molar-refractivity contribution is 7.89. The molecule has 1 aliphatic heterocycles. The molecule has 0 amide bonds. The molecule has 1 atom stereocenters. The number of nitro benzene ring substituents is 1. The molecule has 0 bridgehead atoms. The van der Waals surface area contributed by atoms with Gasteiger partial charge in [-0.1, -0.05) is 6.07 Å². The van der Waals surface area contributed by atoms with Gasteiger partial charge in [0.1, 0.15) is 5.54 Å². The van der Waals surface area contributed by atoms with Gasteiger partial charge in [-0.15, -0.1) is 0 Å². The number of carboxylic acid groups (broad SMARTS) is 1. The summed E-state index contributed by atoms with van der Waals surface area (Å²) in [5.74, 6) is -1.23. The molecule has 1 fully saturated rings. The normalized spacial score (nSPS) is 23.1. The Kier molecular flexibility index (Phi) is 3.72. The second-order valence-corrected chi connectivity index (χ2v) is 6.88. The predicted molar refractivity (Wildman–Crippen MR) is 72.3 cm³/mol. The van der Waals surface area contributed by atoms with Gasteiger partial charge in [-0.2, -0.15) is 4.31 Å². The Morgan fingerprint density at radius 1 is 1.48 bits per heavy atom. The fraction of sp³-hybridized carbons (Fsp3) is 0.417. The molecule has 8 nitrogen and oxygen atoms in total. The van der Waals surface area contributed by atoms with E-state index in [1.165, 1.54) is 25.1 Å². The lowest BCUT2D eigenvalue weighted by Crippen LogP contribution is -2.50. The smallest absolute Gasteiger partial charge is 0.324 e. The average molecular weight is 314 g/mol. The van der Waals surface area contributed by atoms with E-state index in [1.807, 2.05) is 0 Å². The summed E-state index contributed by atoms with van der Waals surface area (Å²) >= 11 is 0. The van der Waals surface area contributed by atoms with Crippen molar-refractivity contribution in [2.45, 2.75) is 30.2 Å². The monoisotopic (exact) mass is 314 g/mol. The van der Waals surface area contributed by atoms with Crippen LogP contribution in [0.15, 0.2) is 29.2 Å². The van der Waals surface area contributed by atoms with Gasteiger partial charge in [0.05, 0.1) is 9.82 Å². The van der Waals surface area contributed by atoms with Gasteiger partial charge in [0.15, 0.2) is 0 Å². The van der Waals surface area contributed by atoms with Crippen LogP contribution >= 0.6 is 0 Å². The average Bonchev–Trinajstić information content (AvgIpc) is 2.83. The maximum atomic E-state index is 12.6. The van der Waals surface area contributed by atoms with Gasteiger partial charge in [0.2, 0.25) is 10.0 Å². The van der Waals surface area contributed by atoms with E-state index in [-0.39, 0.29) is 23.5 Å². The SMILES string of the molecule is CC1(C(=O)O)CCCN1S(=O)(=O)c1cccc([N+](=O)[O-])c1. The van der Waals surface area contributed by atoms with Crippen molar-refractivity contribution in [1.29, 1.82) is 0 Å². The third kappa shape index (κ3) is 2.49. The van der Waals surface area contributed by atoms with Gasteiger partial charge in [0, 0.05) is 18.7 Å². The molecule has 1 saturated heterocycles. The molecule has 0 aliphatic carbocycles. The Balaban J connectivity index is 2.50. The van der Waals surface area contributed by atoms with Crippen molar-refractivity contribution in [1.82, 2.24) is 4.31 Å².